The van der Waals surface area contributed by atoms with E-state index in [1.165, 1.54) is 38.8 Å². The zero-order valence-electron chi connectivity index (χ0n) is 13.7. The van der Waals surface area contributed by atoms with Crippen LogP contribution in [0.1, 0.15) is 65.2 Å². The summed E-state index contributed by atoms with van der Waals surface area (Å²) >= 11 is 0. The fraction of sp³-hybridized carbons (Fsp3) is 0.941. The second-order valence-corrected chi connectivity index (χ2v) is 7.07. The quantitative estimate of drug-likeness (QED) is 0.845. The molecule has 4 atom stereocenters. The minimum atomic E-state index is 0.0770. The molecule has 0 aromatic rings. The van der Waals surface area contributed by atoms with Gasteiger partial charge in [0.15, 0.2) is 0 Å². The van der Waals surface area contributed by atoms with E-state index in [9.17, 15) is 4.79 Å². The lowest BCUT2D eigenvalue weighted by atomic mass is 9.95. The van der Waals surface area contributed by atoms with Gasteiger partial charge in [0.1, 0.15) is 0 Å². The Morgan fingerprint density at radius 2 is 1.90 bits per heavy atom. The molecule has 3 fully saturated rings. The Hall–Kier alpha value is -0.610. The van der Waals surface area contributed by atoms with Crippen molar-refractivity contribution in [2.45, 2.75) is 89.5 Å². The number of carbonyl (C=O) groups excluding carboxylic acids is 1. The van der Waals surface area contributed by atoms with Crippen LogP contribution < -0.4 is 5.32 Å². The van der Waals surface area contributed by atoms with E-state index < -0.39 is 0 Å². The van der Waals surface area contributed by atoms with Crippen LogP contribution in [0.25, 0.3) is 0 Å². The Labute approximate surface area is 129 Å². The van der Waals surface area contributed by atoms with Crippen LogP contribution in [0.15, 0.2) is 0 Å². The molecule has 0 aliphatic carbocycles. The van der Waals surface area contributed by atoms with Gasteiger partial charge in [0.2, 0.25) is 5.91 Å². The van der Waals surface area contributed by atoms with Crippen molar-refractivity contribution in [2.75, 3.05) is 13.1 Å². The summed E-state index contributed by atoms with van der Waals surface area (Å²) < 4.78 is 0. The molecule has 4 nitrogen and oxygen atoms in total. The van der Waals surface area contributed by atoms with Gasteiger partial charge in [0, 0.05) is 18.6 Å². The third kappa shape index (κ3) is 2.98. The van der Waals surface area contributed by atoms with Gasteiger partial charge in [-0.15, -0.1) is 0 Å². The minimum absolute atomic E-state index is 0.0770. The fourth-order valence-corrected chi connectivity index (χ4v) is 4.60. The molecule has 0 radical (unpaired) electrons. The summed E-state index contributed by atoms with van der Waals surface area (Å²) in [4.78, 5) is 17.7. The van der Waals surface area contributed by atoms with Gasteiger partial charge >= 0.3 is 0 Å². The minimum Gasteiger partial charge on any atom is -0.323 e. The zero-order chi connectivity index (χ0) is 14.8. The SMILES string of the molecule is CCCC1NC(CCC)N(C2CCN3CCCC3C2)C1=O. The molecule has 21 heavy (non-hydrogen) atoms. The first-order chi connectivity index (χ1) is 10.2. The number of piperidine rings is 1. The van der Waals surface area contributed by atoms with Crippen molar-refractivity contribution in [2.24, 2.45) is 0 Å². The average Bonchev–Trinajstić information content (AvgIpc) is 3.05. The third-order valence-electron chi connectivity index (χ3n) is 5.61. The number of hydrogen-bond acceptors (Lipinski definition) is 3. The van der Waals surface area contributed by atoms with Gasteiger partial charge in [-0.3, -0.25) is 10.1 Å². The summed E-state index contributed by atoms with van der Waals surface area (Å²) in [5.41, 5.74) is 0. The van der Waals surface area contributed by atoms with E-state index in [-0.39, 0.29) is 12.2 Å². The van der Waals surface area contributed by atoms with Crippen molar-refractivity contribution in [3.63, 3.8) is 0 Å². The summed E-state index contributed by atoms with van der Waals surface area (Å²) in [6, 6.07) is 1.29. The van der Waals surface area contributed by atoms with Crippen molar-refractivity contribution in [3.8, 4) is 0 Å². The third-order valence-corrected chi connectivity index (χ3v) is 5.61. The number of hydrogen-bond donors (Lipinski definition) is 1. The van der Waals surface area contributed by atoms with Crippen LogP contribution in [0.3, 0.4) is 0 Å². The van der Waals surface area contributed by atoms with E-state index in [1.54, 1.807) is 0 Å². The van der Waals surface area contributed by atoms with Gasteiger partial charge in [-0.1, -0.05) is 26.7 Å². The molecule has 0 spiro atoms. The molecule has 3 saturated heterocycles. The first kappa shape index (κ1) is 15.3. The molecule has 1 N–H and O–H groups in total. The topological polar surface area (TPSA) is 35.6 Å². The van der Waals surface area contributed by atoms with Crippen LogP contribution in [0, 0.1) is 0 Å². The molecule has 0 aromatic carbocycles. The molecule has 4 heteroatoms. The van der Waals surface area contributed by atoms with E-state index in [4.69, 9.17) is 0 Å². The van der Waals surface area contributed by atoms with Gasteiger partial charge in [-0.2, -0.15) is 0 Å². The lowest BCUT2D eigenvalue weighted by Gasteiger charge is -2.41. The maximum Gasteiger partial charge on any atom is 0.241 e. The van der Waals surface area contributed by atoms with E-state index in [2.05, 4.69) is 29.0 Å². The summed E-state index contributed by atoms with van der Waals surface area (Å²) in [5, 5.41) is 3.61. The van der Waals surface area contributed by atoms with E-state index >= 15 is 0 Å². The first-order valence-electron chi connectivity index (χ1n) is 9.06. The van der Waals surface area contributed by atoms with Gasteiger partial charge in [-0.25, -0.2) is 0 Å². The molecule has 0 bridgehead atoms. The number of fused-ring (bicyclic) bond motifs is 1. The van der Waals surface area contributed by atoms with E-state index in [1.807, 2.05) is 0 Å². The molecule has 0 aromatic heterocycles. The lowest BCUT2D eigenvalue weighted by Crippen LogP contribution is -2.51. The Bertz CT molecular complexity index is 373. The maximum absolute atomic E-state index is 12.8. The highest BCUT2D eigenvalue weighted by atomic mass is 16.2. The molecule has 1 amide bonds. The summed E-state index contributed by atoms with van der Waals surface area (Å²) in [5.74, 6) is 0.381. The average molecular weight is 293 g/mol. The van der Waals surface area contributed by atoms with Crippen molar-refractivity contribution < 1.29 is 4.79 Å². The number of nitrogens with zero attached hydrogens (tertiary/aromatic N) is 2. The Balaban J connectivity index is 1.70. The van der Waals surface area contributed by atoms with Crippen LogP contribution in [0.4, 0.5) is 0 Å². The Morgan fingerprint density at radius 3 is 2.67 bits per heavy atom. The van der Waals surface area contributed by atoms with Crippen molar-refractivity contribution in [1.29, 1.82) is 0 Å². The molecule has 4 unspecified atom stereocenters. The van der Waals surface area contributed by atoms with Crippen LogP contribution in [0.2, 0.25) is 0 Å². The van der Waals surface area contributed by atoms with Gasteiger partial charge in [-0.05, 0) is 45.1 Å². The second kappa shape index (κ2) is 6.66. The Morgan fingerprint density at radius 1 is 1.10 bits per heavy atom. The molecular weight excluding hydrogens is 262 g/mol. The number of nitrogens with one attached hydrogen (secondary N) is 1. The van der Waals surface area contributed by atoms with Crippen molar-refractivity contribution in [1.82, 2.24) is 15.1 Å². The smallest absolute Gasteiger partial charge is 0.241 e. The largest absolute Gasteiger partial charge is 0.323 e. The normalized spacial score (nSPS) is 37.2. The molecule has 3 heterocycles. The molecule has 3 rings (SSSR count). The van der Waals surface area contributed by atoms with Crippen molar-refractivity contribution >= 4 is 5.91 Å². The molecule has 3 aliphatic heterocycles. The van der Waals surface area contributed by atoms with Crippen LogP contribution in [0.5, 0.6) is 0 Å². The first-order valence-corrected chi connectivity index (χ1v) is 9.06. The second-order valence-electron chi connectivity index (χ2n) is 7.07. The van der Waals surface area contributed by atoms with Crippen LogP contribution in [-0.4, -0.2) is 53.1 Å². The Kier molecular flexibility index (Phi) is 4.85. The van der Waals surface area contributed by atoms with Crippen molar-refractivity contribution in [3.05, 3.63) is 0 Å². The monoisotopic (exact) mass is 293 g/mol. The maximum atomic E-state index is 12.8. The predicted octanol–water partition coefficient (Wildman–Crippen LogP) is 2.34. The summed E-state index contributed by atoms with van der Waals surface area (Å²) in [6.45, 7) is 6.86. The van der Waals surface area contributed by atoms with Gasteiger partial charge in [0.25, 0.3) is 0 Å². The van der Waals surface area contributed by atoms with E-state index in [0.717, 1.165) is 31.7 Å². The molecule has 0 saturated carbocycles. The molecule has 120 valence electrons. The van der Waals surface area contributed by atoms with Gasteiger partial charge in [0.05, 0.1) is 12.2 Å². The van der Waals surface area contributed by atoms with Crippen LogP contribution >= 0.6 is 0 Å². The molecule has 3 aliphatic rings. The highest BCUT2D eigenvalue weighted by Crippen LogP contribution is 2.32. The van der Waals surface area contributed by atoms with E-state index in [0.29, 0.717) is 11.9 Å². The number of rotatable bonds is 5. The standard InChI is InChI=1S/C17H31N3O/c1-3-6-15-17(21)20(16(18-15)7-4-2)14-9-11-19-10-5-8-13(19)12-14/h13-16,18H,3-12H2,1-2H3. The molecular formula is C17H31N3O. The predicted molar refractivity (Wildman–Crippen MR) is 85.0 cm³/mol. The van der Waals surface area contributed by atoms with Crippen LogP contribution in [-0.2, 0) is 4.79 Å². The highest BCUT2D eigenvalue weighted by Gasteiger charge is 2.44. The fourth-order valence-electron chi connectivity index (χ4n) is 4.60. The lowest BCUT2D eigenvalue weighted by molar-refractivity contribution is -0.133. The zero-order valence-corrected chi connectivity index (χ0v) is 13.7. The highest BCUT2D eigenvalue weighted by molar-refractivity contribution is 5.84. The summed E-state index contributed by atoms with van der Waals surface area (Å²) in [7, 11) is 0. The summed E-state index contributed by atoms with van der Waals surface area (Å²) in [6.07, 6.45) is 9.64. The number of amides is 1. The van der Waals surface area contributed by atoms with Gasteiger partial charge < -0.3 is 9.80 Å². The number of carbonyl (C=O) groups is 1.